The van der Waals surface area contributed by atoms with Gasteiger partial charge >= 0.3 is 0 Å². The summed E-state index contributed by atoms with van der Waals surface area (Å²) in [5, 5.41) is 14.3. The van der Waals surface area contributed by atoms with Gasteiger partial charge in [0.05, 0.1) is 17.2 Å². The number of phenolic OH excluding ortho intramolecular Hbond substituents is 1. The van der Waals surface area contributed by atoms with E-state index in [4.69, 9.17) is 4.74 Å². The SMILES string of the molecule is CCOc1cc(C2CC(=O)Nc3c(S(=O)(=O)c4ccc(C)cc4)csc32)ccc1O. The number of amides is 1. The van der Waals surface area contributed by atoms with E-state index >= 15 is 0 Å². The Morgan fingerprint density at radius 2 is 1.93 bits per heavy atom. The number of carbonyl (C=O) groups excluding carboxylic acids is 1. The molecule has 0 bridgehead atoms. The van der Waals surface area contributed by atoms with Gasteiger partial charge in [-0.1, -0.05) is 23.8 Å². The van der Waals surface area contributed by atoms with Crippen LogP contribution in [0.3, 0.4) is 0 Å². The molecule has 0 spiro atoms. The lowest BCUT2D eigenvalue weighted by Gasteiger charge is -2.24. The quantitative estimate of drug-likeness (QED) is 0.607. The molecule has 1 aliphatic rings. The fraction of sp³-hybridized carbons (Fsp3) is 0.227. The zero-order chi connectivity index (χ0) is 21.5. The maximum atomic E-state index is 13.2. The van der Waals surface area contributed by atoms with Crippen LogP contribution in [-0.2, 0) is 14.6 Å². The van der Waals surface area contributed by atoms with Crippen molar-refractivity contribution in [3.8, 4) is 11.5 Å². The molecule has 0 fully saturated rings. The van der Waals surface area contributed by atoms with Crippen molar-refractivity contribution in [2.24, 2.45) is 0 Å². The molecule has 0 saturated carbocycles. The molecule has 2 heterocycles. The Labute approximate surface area is 179 Å². The van der Waals surface area contributed by atoms with Crippen molar-refractivity contribution in [1.29, 1.82) is 0 Å². The highest BCUT2D eigenvalue weighted by atomic mass is 32.2. The average Bonchev–Trinajstić information content (AvgIpc) is 3.14. The summed E-state index contributed by atoms with van der Waals surface area (Å²) in [6, 6.07) is 11.6. The Balaban J connectivity index is 1.79. The average molecular weight is 444 g/mol. The molecule has 1 unspecified atom stereocenters. The van der Waals surface area contributed by atoms with Crippen LogP contribution in [0.15, 0.2) is 57.6 Å². The van der Waals surface area contributed by atoms with E-state index in [1.807, 2.05) is 13.8 Å². The Bertz CT molecular complexity index is 1210. The van der Waals surface area contributed by atoms with Crippen LogP contribution in [-0.4, -0.2) is 26.0 Å². The van der Waals surface area contributed by atoms with Crippen LogP contribution < -0.4 is 10.1 Å². The second kappa shape index (κ2) is 7.77. The van der Waals surface area contributed by atoms with Crippen LogP contribution >= 0.6 is 11.3 Å². The lowest BCUT2D eigenvalue weighted by atomic mass is 9.90. The first-order valence-corrected chi connectivity index (χ1v) is 11.9. The van der Waals surface area contributed by atoms with Crippen molar-refractivity contribution in [2.45, 2.75) is 36.0 Å². The van der Waals surface area contributed by atoms with Gasteiger partial charge in [0, 0.05) is 22.6 Å². The van der Waals surface area contributed by atoms with Crippen molar-refractivity contribution >= 4 is 32.8 Å². The van der Waals surface area contributed by atoms with E-state index in [0.717, 1.165) is 16.0 Å². The fourth-order valence-corrected chi connectivity index (χ4v) is 6.44. The molecule has 0 radical (unpaired) electrons. The van der Waals surface area contributed by atoms with E-state index in [0.29, 0.717) is 18.0 Å². The molecule has 1 atom stereocenters. The van der Waals surface area contributed by atoms with Crippen LogP contribution in [0.2, 0.25) is 0 Å². The van der Waals surface area contributed by atoms with Crippen molar-refractivity contribution in [2.75, 3.05) is 11.9 Å². The number of ether oxygens (including phenoxy) is 1. The van der Waals surface area contributed by atoms with Gasteiger partial charge in [-0.25, -0.2) is 8.42 Å². The number of nitrogens with one attached hydrogen (secondary N) is 1. The second-order valence-corrected chi connectivity index (χ2v) is 9.95. The summed E-state index contributed by atoms with van der Waals surface area (Å²) in [6.07, 6.45) is 0.188. The van der Waals surface area contributed by atoms with Gasteiger partial charge in [0.1, 0.15) is 4.90 Å². The smallest absolute Gasteiger partial charge is 0.225 e. The molecule has 1 aliphatic heterocycles. The van der Waals surface area contributed by atoms with E-state index < -0.39 is 9.84 Å². The molecule has 2 N–H and O–H groups in total. The maximum Gasteiger partial charge on any atom is 0.225 e. The first-order valence-electron chi connectivity index (χ1n) is 9.50. The minimum atomic E-state index is -3.78. The number of aryl methyl sites for hydroxylation is 1. The van der Waals surface area contributed by atoms with Crippen molar-refractivity contribution in [3.05, 3.63) is 63.8 Å². The zero-order valence-electron chi connectivity index (χ0n) is 16.5. The summed E-state index contributed by atoms with van der Waals surface area (Å²) in [4.78, 5) is 13.5. The van der Waals surface area contributed by atoms with Gasteiger partial charge in [0.15, 0.2) is 11.5 Å². The van der Waals surface area contributed by atoms with E-state index in [1.54, 1.807) is 41.8 Å². The van der Waals surface area contributed by atoms with E-state index in [1.165, 1.54) is 17.4 Å². The molecule has 30 heavy (non-hydrogen) atoms. The molecule has 6 nitrogen and oxygen atoms in total. The van der Waals surface area contributed by atoms with Crippen molar-refractivity contribution in [3.63, 3.8) is 0 Å². The summed E-state index contributed by atoms with van der Waals surface area (Å²) in [7, 11) is -3.78. The van der Waals surface area contributed by atoms with Crippen LogP contribution in [0.25, 0.3) is 0 Å². The van der Waals surface area contributed by atoms with Crippen LogP contribution in [0.4, 0.5) is 5.69 Å². The monoisotopic (exact) mass is 443 g/mol. The number of hydrogen-bond donors (Lipinski definition) is 2. The summed E-state index contributed by atoms with van der Waals surface area (Å²) >= 11 is 1.31. The van der Waals surface area contributed by atoms with Crippen molar-refractivity contribution < 1.29 is 23.1 Å². The van der Waals surface area contributed by atoms with Gasteiger partial charge in [0.25, 0.3) is 0 Å². The third kappa shape index (κ3) is 3.57. The van der Waals surface area contributed by atoms with Crippen LogP contribution in [0.5, 0.6) is 11.5 Å². The largest absolute Gasteiger partial charge is 0.504 e. The molecule has 1 aromatic heterocycles. The summed E-state index contributed by atoms with van der Waals surface area (Å²) < 4.78 is 31.9. The summed E-state index contributed by atoms with van der Waals surface area (Å²) in [6.45, 7) is 4.10. The summed E-state index contributed by atoms with van der Waals surface area (Å²) in [5.41, 5.74) is 2.09. The maximum absolute atomic E-state index is 13.2. The standard InChI is InChI=1S/C22H21NO5S2/c1-3-28-18-10-14(6-9-17(18)24)16-11-20(25)23-21-19(12-29-22(16)21)30(26,27)15-7-4-13(2)5-8-15/h4-10,12,16,24H,3,11H2,1-2H3,(H,23,25). The Morgan fingerprint density at radius 1 is 1.20 bits per heavy atom. The molecular formula is C22H21NO5S2. The van der Waals surface area contributed by atoms with E-state index in [9.17, 15) is 18.3 Å². The number of anilines is 1. The molecular weight excluding hydrogens is 422 g/mol. The third-order valence-corrected chi connectivity index (χ3v) is 8.10. The molecule has 3 aromatic rings. The van der Waals surface area contributed by atoms with Gasteiger partial charge in [-0.15, -0.1) is 11.3 Å². The number of fused-ring (bicyclic) bond motifs is 1. The number of thiophene rings is 1. The van der Waals surface area contributed by atoms with Crippen molar-refractivity contribution in [1.82, 2.24) is 0 Å². The lowest BCUT2D eigenvalue weighted by molar-refractivity contribution is -0.116. The number of rotatable bonds is 5. The molecule has 2 aromatic carbocycles. The minimum absolute atomic E-state index is 0.0231. The van der Waals surface area contributed by atoms with E-state index in [2.05, 4.69) is 5.32 Å². The Kier molecular flexibility index (Phi) is 5.29. The van der Waals surface area contributed by atoms with Gasteiger partial charge in [-0.2, -0.15) is 0 Å². The van der Waals surface area contributed by atoms with Gasteiger partial charge < -0.3 is 15.2 Å². The molecule has 1 amide bonds. The number of benzene rings is 2. The summed E-state index contributed by atoms with van der Waals surface area (Å²) in [5.74, 6) is -0.209. The Hall–Kier alpha value is -2.84. The fourth-order valence-electron chi connectivity index (χ4n) is 3.53. The predicted molar refractivity (Wildman–Crippen MR) is 115 cm³/mol. The normalized spacial score (nSPS) is 16.1. The number of carbonyl (C=O) groups is 1. The molecule has 156 valence electrons. The Morgan fingerprint density at radius 3 is 2.63 bits per heavy atom. The molecule has 0 aliphatic carbocycles. The minimum Gasteiger partial charge on any atom is -0.504 e. The van der Waals surface area contributed by atoms with Gasteiger partial charge in [0.2, 0.25) is 15.7 Å². The number of sulfone groups is 1. The highest BCUT2D eigenvalue weighted by Gasteiger charge is 2.34. The van der Waals surface area contributed by atoms with Gasteiger partial charge in [-0.05, 0) is 43.7 Å². The zero-order valence-corrected chi connectivity index (χ0v) is 18.1. The van der Waals surface area contributed by atoms with E-state index in [-0.39, 0.29) is 33.8 Å². The number of aromatic hydroxyl groups is 1. The lowest BCUT2D eigenvalue weighted by Crippen LogP contribution is -2.23. The van der Waals surface area contributed by atoms with Crippen LogP contribution in [0.1, 0.15) is 35.3 Å². The first kappa shape index (κ1) is 20.4. The first-order chi connectivity index (χ1) is 14.3. The number of hydrogen-bond acceptors (Lipinski definition) is 6. The molecule has 4 rings (SSSR count). The molecule has 0 saturated heterocycles. The van der Waals surface area contributed by atoms with Crippen LogP contribution in [0, 0.1) is 6.92 Å². The number of phenols is 1. The highest BCUT2D eigenvalue weighted by molar-refractivity contribution is 7.91. The highest BCUT2D eigenvalue weighted by Crippen LogP contribution is 2.46. The van der Waals surface area contributed by atoms with Gasteiger partial charge in [-0.3, -0.25) is 4.79 Å². The topological polar surface area (TPSA) is 92.7 Å². The predicted octanol–water partition coefficient (Wildman–Crippen LogP) is 4.47. The third-order valence-electron chi connectivity index (χ3n) is 5.06. The second-order valence-electron chi connectivity index (χ2n) is 7.12. The molecule has 8 heteroatoms.